The minimum Gasteiger partial charge on any atom is -0.289 e. The largest absolute Gasteiger partial charge is 0.289 e. The van der Waals surface area contributed by atoms with Crippen LogP contribution in [0.15, 0.2) is 23.3 Å². The summed E-state index contributed by atoms with van der Waals surface area (Å²) in [5.74, 6) is 0.151. The van der Waals surface area contributed by atoms with Crippen LogP contribution in [-0.2, 0) is 4.79 Å². The summed E-state index contributed by atoms with van der Waals surface area (Å²) in [6.07, 6.45) is 3.99. The van der Waals surface area contributed by atoms with Gasteiger partial charge >= 0.3 is 0 Å². The molecule has 72 valence electrons. The second kappa shape index (κ2) is 3.70. The van der Waals surface area contributed by atoms with Crippen molar-refractivity contribution in [3.05, 3.63) is 23.3 Å². The van der Waals surface area contributed by atoms with Gasteiger partial charge in [0.15, 0.2) is 5.78 Å². The summed E-state index contributed by atoms with van der Waals surface area (Å²) in [6.45, 7) is 5.81. The van der Waals surface area contributed by atoms with E-state index in [4.69, 9.17) is 0 Å². The zero-order valence-electron chi connectivity index (χ0n) is 7.90. The highest BCUT2D eigenvalue weighted by Gasteiger charge is 2.31. The van der Waals surface area contributed by atoms with Gasteiger partial charge in [0, 0.05) is 5.41 Å². The van der Waals surface area contributed by atoms with Crippen LogP contribution in [0.25, 0.3) is 0 Å². The first-order chi connectivity index (χ1) is 5.87. The third-order valence-corrected chi connectivity index (χ3v) is 4.21. The number of alkyl halides is 2. The van der Waals surface area contributed by atoms with E-state index in [1.165, 1.54) is 0 Å². The van der Waals surface area contributed by atoms with Gasteiger partial charge in [0.2, 0.25) is 0 Å². The molecule has 0 spiro atoms. The zero-order chi connectivity index (χ0) is 10.2. The van der Waals surface area contributed by atoms with Crippen LogP contribution >= 0.6 is 31.9 Å². The molecule has 0 saturated heterocycles. The fourth-order valence-corrected chi connectivity index (χ4v) is 2.07. The maximum absolute atomic E-state index is 11.5. The lowest BCUT2D eigenvalue weighted by Gasteiger charge is -2.29. The van der Waals surface area contributed by atoms with Crippen molar-refractivity contribution < 1.29 is 4.79 Å². The third-order valence-electron chi connectivity index (χ3n) is 2.24. The molecule has 3 heteroatoms. The van der Waals surface area contributed by atoms with E-state index in [1.54, 1.807) is 0 Å². The van der Waals surface area contributed by atoms with E-state index < -0.39 is 0 Å². The van der Waals surface area contributed by atoms with Crippen LogP contribution in [0.1, 0.15) is 20.8 Å². The van der Waals surface area contributed by atoms with Gasteiger partial charge in [-0.15, -0.1) is 0 Å². The lowest BCUT2D eigenvalue weighted by Crippen LogP contribution is -2.25. The van der Waals surface area contributed by atoms with E-state index >= 15 is 0 Å². The van der Waals surface area contributed by atoms with Crippen LogP contribution in [0.4, 0.5) is 0 Å². The average molecular weight is 308 g/mol. The second-order valence-corrected chi connectivity index (χ2v) is 6.71. The van der Waals surface area contributed by atoms with Crippen molar-refractivity contribution in [1.82, 2.24) is 0 Å². The van der Waals surface area contributed by atoms with Crippen molar-refractivity contribution in [1.29, 1.82) is 0 Å². The van der Waals surface area contributed by atoms with Crippen molar-refractivity contribution in [3.8, 4) is 0 Å². The lowest BCUT2D eigenvalue weighted by molar-refractivity contribution is -0.112. The number of hydrogen-bond donors (Lipinski definition) is 0. The molecular weight excluding hydrogens is 296 g/mol. The molecule has 1 aliphatic rings. The Balaban J connectivity index is 3.12. The van der Waals surface area contributed by atoms with E-state index in [9.17, 15) is 4.79 Å². The fourth-order valence-electron chi connectivity index (χ4n) is 1.54. The Kier molecular flexibility index (Phi) is 3.18. The number of halogens is 2. The highest BCUT2D eigenvalue weighted by molar-refractivity contribution is 9.24. The molecule has 0 heterocycles. The molecule has 0 fully saturated rings. The Labute approximate surface area is 95.5 Å². The van der Waals surface area contributed by atoms with E-state index in [2.05, 4.69) is 38.8 Å². The van der Waals surface area contributed by atoms with Crippen LogP contribution in [0.2, 0.25) is 0 Å². The number of rotatable bonds is 1. The normalized spacial score (nSPS) is 21.5. The SMILES string of the molecule is CC1=CC(C)(C(Br)Br)C=C(C)C1=O. The summed E-state index contributed by atoms with van der Waals surface area (Å²) >= 11 is 6.97. The molecule has 1 nitrogen and oxygen atoms in total. The van der Waals surface area contributed by atoms with Gasteiger partial charge in [-0.1, -0.05) is 50.9 Å². The van der Waals surface area contributed by atoms with E-state index in [-0.39, 0.29) is 14.9 Å². The van der Waals surface area contributed by atoms with Crippen LogP contribution in [0.5, 0.6) is 0 Å². The van der Waals surface area contributed by atoms with Crippen molar-refractivity contribution in [2.24, 2.45) is 5.41 Å². The summed E-state index contributed by atoms with van der Waals surface area (Å²) in [5.41, 5.74) is 1.54. The highest BCUT2D eigenvalue weighted by Crippen LogP contribution is 2.39. The molecular formula is C10H12Br2O. The molecule has 0 amide bonds. The quantitative estimate of drug-likeness (QED) is 0.677. The summed E-state index contributed by atoms with van der Waals surface area (Å²) in [4.78, 5) is 11.5. The molecule has 13 heavy (non-hydrogen) atoms. The maximum atomic E-state index is 11.5. The van der Waals surface area contributed by atoms with Gasteiger partial charge in [0.25, 0.3) is 0 Å². The molecule has 0 N–H and O–H groups in total. The summed E-state index contributed by atoms with van der Waals surface area (Å²) < 4.78 is 0.158. The molecule has 1 rings (SSSR count). The number of carbonyl (C=O) groups is 1. The van der Waals surface area contributed by atoms with Gasteiger partial charge < -0.3 is 0 Å². The van der Waals surface area contributed by atoms with E-state index in [1.807, 2.05) is 26.0 Å². The molecule has 0 aromatic rings. The predicted molar refractivity (Wildman–Crippen MR) is 62.3 cm³/mol. The van der Waals surface area contributed by atoms with Crippen molar-refractivity contribution in [3.63, 3.8) is 0 Å². The number of hydrogen-bond acceptors (Lipinski definition) is 1. The predicted octanol–water partition coefficient (Wildman–Crippen LogP) is 3.58. The first-order valence-corrected chi connectivity index (χ1v) is 5.92. The molecule has 1 aliphatic carbocycles. The minimum absolute atomic E-state index is 0.109. The molecule has 0 aromatic carbocycles. The van der Waals surface area contributed by atoms with Crippen molar-refractivity contribution in [2.45, 2.75) is 24.5 Å². The molecule has 0 aliphatic heterocycles. The monoisotopic (exact) mass is 306 g/mol. The Morgan fingerprint density at radius 1 is 1.23 bits per heavy atom. The molecule has 0 bridgehead atoms. The maximum Gasteiger partial charge on any atom is 0.183 e. The highest BCUT2D eigenvalue weighted by atomic mass is 79.9. The van der Waals surface area contributed by atoms with E-state index in [0.29, 0.717) is 0 Å². The molecule has 0 saturated carbocycles. The van der Waals surface area contributed by atoms with Gasteiger partial charge in [-0.05, 0) is 25.0 Å². The van der Waals surface area contributed by atoms with Crippen LogP contribution < -0.4 is 0 Å². The Morgan fingerprint density at radius 3 is 1.92 bits per heavy atom. The molecule has 0 radical (unpaired) electrons. The van der Waals surface area contributed by atoms with Crippen LogP contribution in [-0.4, -0.2) is 9.52 Å². The van der Waals surface area contributed by atoms with Crippen molar-refractivity contribution in [2.75, 3.05) is 0 Å². The Bertz CT molecular complexity index is 278. The summed E-state index contributed by atoms with van der Waals surface area (Å²) in [5, 5.41) is 0. The topological polar surface area (TPSA) is 17.1 Å². The second-order valence-electron chi connectivity index (χ2n) is 3.65. The summed E-state index contributed by atoms with van der Waals surface area (Å²) in [7, 11) is 0. The number of Topliss-reactive ketones (excluding diaryl/α,β-unsaturated/α-hetero) is 1. The van der Waals surface area contributed by atoms with E-state index in [0.717, 1.165) is 11.1 Å². The van der Waals surface area contributed by atoms with Crippen LogP contribution in [0, 0.1) is 5.41 Å². The number of carbonyl (C=O) groups excluding carboxylic acids is 1. The van der Waals surface area contributed by atoms with Gasteiger partial charge in [-0.2, -0.15) is 0 Å². The zero-order valence-corrected chi connectivity index (χ0v) is 11.1. The number of allylic oxidation sites excluding steroid dienone is 4. The van der Waals surface area contributed by atoms with Crippen molar-refractivity contribution >= 4 is 37.6 Å². The van der Waals surface area contributed by atoms with Gasteiger partial charge in [-0.3, -0.25) is 4.79 Å². The Morgan fingerprint density at radius 2 is 1.62 bits per heavy atom. The molecule has 0 atom stereocenters. The van der Waals surface area contributed by atoms with Crippen LogP contribution in [0.3, 0.4) is 0 Å². The third kappa shape index (κ3) is 2.13. The Hall–Kier alpha value is 0.110. The van der Waals surface area contributed by atoms with Gasteiger partial charge in [0.1, 0.15) is 0 Å². The first kappa shape index (κ1) is 11.2. The smallest absolute Gasteiger partial charge is 0.183 e. The molecule has 0 unspecified atom stereocenters. The first-order valence-electron chi connectivity index (χ1n) is 4.08. The van der Waals surface area contributed by atoms with Gasteiger partial charge in [-0.25, -0.2) is 0 Å². The summed E-state index contributed by atoms with van der Waals surface area (Å²) in [6, 6.07) is 0. The molecule has 0 aromatic heterocycles. The van der Waals surface area contributed by atoms with Gasteiger partial charge in [0.05, 0.1) is 3.74 Å². The average Bonchev–Trinajstić information content (AvgIpc) is 2.00. The fraction of sp³-hybridized carbons (Fsp3) is 0.500. The standard InChI is InChI=1S/C10H12Br2O/c1-6-4-10(3,9(11)12)5-7(2)8(6)13/h4-5,9H,1-3H3. The lowest BCUT2D eigenvalue weighted by atomic mass is 9.82. The minimum atomic E-state index is -0.109. The number of ketones is 1.